The lowest BCUT2D eigenvalue weighted by molar-refractivity contribution is 0.0266. The van der Waals surface area contributed by atoms with Gasteiger partial charge in [0.05, 0.1) is 6.54 Å². The summed E-state index contributed by atoms with van der Waals surface area (Å²) in [6.45, 7) is 7.35. The molecule has 74 valence electrons. The molecule has 0 radical (unpaired) electrons. The summed E-state index contributed by atoms with van der Waals surface area (Å²) in [6.07, 6.45) is 1.88. The normalized spacial score (nSPS) is 42.1. The van der Waals surface area contributed by atoms with Crippen LogP contribution in [0.1, 0.15) is 33.6 Å². The molecule has 13 heavy (non-hydrogen) atoms. The zero-order valence-electron chi connectivity index (χ0n) is 8.52. The third-order valence-electron chi connectivity index (χ3n) is 3.36. The quantitative estimate of drug-likeness (QED) is 0.623. The molecule has 3 heteroatoms. The molecule has 1 spiro atoms. The van der Waals surface area contributed by atoms with Gasteiger partial charge < -0.3 is 10.1 Å². The number of alkyl carbamates (subject to hydrolysis) is 1. The average molecular weight is 183 g/mol. The summed E-state index contributed by atoms with van der Waals surface area (Å²) in [7, 11) is 0. The van der Waals surface area contributed by atoms with Gasteiger partial charge in [-0.15, -0.1) is 0 Å². The van der Waals surface area contributed by atoms with Gasteiger partial charge in [-0.05, 0) is 24.2 Å². The zero-order chi connectivity index (χ0) is 9.69. The van der Waals surface area contributed by atoms with Gasteiger partial charge in [0.15, 0.2) is 0 Å². The number of hydrogen-bond donors (Lipinski definition) is 1. The molecule has 3 nitrogen and oxygen atoms in total. The molecule has 0 aromatic heterocycles. The topological polar surface area (TPSA) is 38.3 Å². The molecule has 2 rings (SSSR count). The minimum absolute atomic E-state index is 0.208. The molecule has 2 unspecified atom stereocenters. The molecule has 2 aliphatic rings. The first kappa shape index (κ1) is 8.85. The van der Waals surface area contributed by atoms with Crippen molar-refractivity contribution in [1.82, 2.24) is 5.32 Å². The van der Waals surface area contributed by atoms with Gasteiger partial charge in [0.1, 0.15) is 5.60 Å². The maximum atomic E-state index is 11.0. The predicted octanol–water partition coefficient (Wildman–Crippen LogP) is 1.92. The van der Waals surface area contributed by atoms with Crippen molar-refractivity contribution in [2.24, 2.45) is 11.3 Å². The van der Waals surface area contributed by atoms with E-state index in [1.807, 2.05) is 0 Å². The van der Waals surface area contributed by atoms with Crippen LogP contribution in [0, 0.1) is 11.3 Å². The Morgan fingerprint density at radius 2 is 2.23 bits per heavy atom. The van der Waals surface area contributed by atoms with Crippen LogP contribution in [0.25, 0.3) is 0 Å². The van der Waals surface area contributed by atoms with Gasteiger partial charge in [0.25, 0.3) is 0 Å². The second kappa shape index (κ2) is 2.40. The van der Waals surface area contributed by atoms with Gasteiger partial charge in [0, 0.05) is 0 Å². The maximum absolute atomic E-state index is 11.0. The van der Waals surface area contributed by atoms with Crippen LogP contribution in [0.3, 0.4) is 0 Å². The summed E-state index contributed by atoms with van der Waals surface area (Å²) in [4.78, 5) is 11.0. The number of rotatable bonds is 0. The Labute approximate surface area is 78.8 Å². The molecule has 0 aromatic rings. The van der Waals surface area contributed by atoms with Crippen molar-refractivity contribution in [3.05, 3.63) is 0 Å². The molecule has 1 saturated carbocycles. The Hall–Kier alpha value is -0.730. The van der Waals surface area contributed by atoms with Crippen molar-refractivity contribution in [3.8, 4) is 0 Å². The number of hydrogen-bond acceptors (Lipinski definition) is 2. The third-order valence-corrected chi connectivity index (χ3v) is 3.36. The van der Waals surface area contributed by atoms with Crippen LogP contribution in [-0.4, -0.2) is 18.2 Å². The molecule has 1 heterocycles. The smallest absolute Gasteiger partial charge is 0.407 e. The summed E-state index contributed by atoms with van der Waals surface area (Å²) in [5, 5.41) is 2.76. The van der Waals surface area contributed by atoms with Gasteiger partial charge in [-0.25, -0.2) is 4.79 Å². The lowest BCUT2D eigenvalue weighted by Crippen LogP contribution is -2.36. The number of carbonyl (C=O) groups excluding carboxylic acids is 1. The first-order chi connectivity index (χ1) is 5.94. The number of amides is 1. The molecule has 1 saturated heterocycles. The number of ether oxygens (including phenoxy) is 1. The van der Waals surface area contributed by atoms with E-state index in [0.717, 1.165) is 12.8 Å². The Morgan fingerprint density at radius 3 is 2.62 bits per heavy atom. The summed E-state index contributed by atoms with van der Waals surface area (Å²) < 4.78 is 5.41. The van der Waals surface area contributed by atoms with Crippen molar-refractivity contribution < 1.29 is 9.53 Å². The Balaban J connectivity index is 2.20. The van der Waals surface area contributed by atoms with Crippen molar-refractivity contribution in [1.29, 1.82) is 0 Å². The van der Waals surface area contributed by atoms with Crippen molar-refractivity contribution in [2.75, 3.05) is 6.54 Å². The minimum Gasteiger partial charge on any atom is -0.441 e. The molecule has 0 aromatic carbocycles. The highest BCUT2D eigenvalue weighted by Gasteiger charge is 2.54. The summed E-state index contributed by atoms with van der Waals surface area (Å²) >= 11 is 0. The summed E-state index contributed by atoms with van der Waals surface area (Å²) in [6, 6.07) is 0. The second-order valence-corrected chi connectivity index (χ2v) is 5.25. The fourth-order valence-electron chi connectivity index (χ4n) is 2.92. The lowest BCUT2D eigenvalue weighted by atomic mass is 9.89. The van der Waals surface area contributed by atoms with Gasteiger partial charge in [-0.3, -0.25) is 0 Å². The SMILES string of the molecule is CC1CC(C)(C)CC12CNC(=O)O2. The van der Waals surface area contributed by atoms with E-state index in [2.05, 4.69) is 26.1 Å². The molecule has 2 fully saturated rings. The fourth-order valence-corrected chi connectivity index (χ4v) is 2.92. The molecule has 2 atom stereocenters. The van der Waals surface area contributed by atoms with E-state index in [1.165, 1.54) is 0 Å². The molecule has 1 N–H and O–H groups in total. The van der Waals surface area contributed by atoms with Crippen LogP contribution in [0.5, 0.6) is 0 Å². The third kappa shape index (κ3) is 1.30. The van der Waals surface area contributed by atoms with Crippen LogP contribution < -0.4 is 5.32 Å². The van der Waals surface area contributed by atoms with Crippen molar-refractivity contribution >= 4 is 6.09 Å². The first-order valence-corrected chi connectivity index (χ1v) is 4.90. The van der Waals surface area contributed by atoms with E-state index in [0.29, 0.717) is 17.9 Å². The Bertz CT molecular complexity index is 249. The van der Waals surface area contributed by atoms with Crippen LogP contribution in [0.15, 0.2) is 0 Å². The molecule has 1 amide bonds. The Morgan fingerprint density at radius 1 is 1.54 bits per heavy atom. The molecular weight excluding hydrogens is 166 g/mol. The Kier molecular flexibility index (Phi) is 1.63. The van der Waals surface area contributed by atoms with Crippen LogP contribution >= 0.6 is 0 Å². The van der Waals surface area contributed by atoms with E-state index in [9.17, 15) is 4.79 Å². The van der Waals surface area contributed by atoms with Crippen LogP contribution in [-0.2, 0) is 4.74 Å². The first-order valence-electron chi connectivity index (χ1n) is 4.90. The fraction of sp³-hybridized carbons (Fsp3) is 0.900. The highest BCUT2D eigenvalue weighted by Crippen LogP contribution is 2.50. The average Bonchev–Trinajstić information content (AvgIpc) is 2.39. The molecule has 1 aliphatic carbocycles. The standard InChI is InChI=1S/C10H17NO2/c1-7-4-9(2,3)5-10(7)6-11-8(12)13-10/h7H,4-6H2,1-3H3,(H,11,12). The van der Waals surface area contributed by atoms with E-state index in [4.69, 9.17) is 4.74 Å². The predicted molar refractivity (Wildman–Crippen MR) is 49.4 cm³/mol. The highest BCUT2D eigenvalue weighted by molar-refractivity contribution is 5.70. The van der Waals surface area contributed by atoms with Gasteiger partial charge in [-0.2, -0.15) is 0 Å². The number of nitrogens with one attached hydrogen (secondary N) is 1. The monoisotopic (exact) mass is 183 g/mol. The van der Waals surface area contributed by atoms with Gasteiger partial charge in [0.2, 0.25) is 0 Å². The molecular formula is C10H17NO2. The molecule has 0 bridgehead atoms. The van der Waals surface area contributed by atoms with Crippen molar-refractivity contribution in [2.45, 2.75) is 39.2 Å². The van der Waals surface area contributed by atoms with Crippen LogP contribution in [0.2, 0.25) is 0 Å². The van der Waals surface area contributed by atoms with E-state index < -0.39 is 0 Å². The largest absolute Gasteiger partial charge is 0.441 e. The number of carbonyl (C=O) groups is 1. The van der Waals surface area contributed by atoms with Crippen LogP contribution in [0.4, 0.5) is 4.79 Å². The van der Waals surface area contributed by atoms with Crippen molar-refractivity contribution in [3.63, 3.8) is 0 Å². The maximum Gasteiger partial charge on any atom is 0.407 e. The van der Waals surface area contributed by atoms with E-state index in [-0.39, 0.29) is 11.7 Å². The van der Waals surface area contributed by atoms with Gasteiger partial charge >= 0.3 is 6.09 Å². The highest BCUT2D eigenvalue weighted by atomic mass is 16.6. The minimum atomic E-state index is -0.246. The second-order valence-electron chi connectivity index (χ2n) is 5.25. The summed E-state index contributed by atoms with van der Waals surface area (Å²) in [5.41, 5.74) is 0.103. The van der Waals surface area contributed by atoms with E-state index in [1.54, 1.807) is 0 Å². The summed E-state index contributed by atoms with van der Waals surface area (Å²) in [5.74, 6) is 0.474. The van der Waals surface area contributed by atoms with E-state index >= 15 is 0 Å². The molecule has 1 aliphatic heterocycles. The lowest BCUT2D eigenvalue weighted by Gasteiger charge is -2.26. The zero-order valence-corrected chi connectivity index (χ0v) is 8.52. The van der Waals surface area contributed by atoms with Gasteiger partial charge in [-0.1, -0.05) is 20.8 Å².